The fraction of sp³-hybridized carbons (Fsp3) is 0.0303. The van der Waals surface area contributed by atoms with Gasteiger partial charge in [0.25, 0.3) is 0 Å². The average molecular weight is 850 g/mol. The van der Waals surface area contributed by atoms with Crippen LogP contribution < -0.4 is 4.90 Å². The summed E-state index contributed by atoms with van der Waals surface area (Å²) in [5.41, 5.74) is 22.8. The van der Waals surface area contributed by atoms with Crippen molar-refractivity contribution >= 4 is 27.8 Å². The van der Waals surface area contributed by atoms with E-state index in [1.165, 1.54) is 99.8 Å². The summed E-state index contributed by atoms with van der Waals surface area (Å²) in [7, 11) is 0. The van der Waals surface area contributed by atoms with Crippen LogP contribution in [0.15, 0.2) is 261 Å². The number of rotatable bonds is 6. The molecule has 0 bridgehead atoms. The Morgan fingerprint density at radius 1 is 0.284 bits per heavy atom. The second-order valence-corrected chi connectivity index (χ2v) is 18.3. The number of hydrogen-bond donors (Lipinski definition) is 0. The number of hydrogen-bond acceptors (Lipinski definition) is 1. The molecule has 0 aliphatic heterocycles. The van der Waals surface area contributed by atoms with E-state index < -0.39 is 10.8 Å². The predicted octanol–water partition coefficient (Wildman–Crippen LogP) is 16.7. The first-order chi connectivity index (χ1) is 33.3. The molecule has 312 valence electrons. The molecule has 0 unspecified atom stereocenters. The first-order valence-corrected chi connectivity index (χ1v) is 23.4. The van der Waals surface area contributed by atoms with Crippen molar-refractivity contribution < 1.29 is 0 Å². The fourth-order valence-corrected chi connectivity index (χ4v) is 12.6. The lowest BCUT2D eigenvalue weighted by Crippen LogP contribution is -2.29. The van der Waals surface area contributed by atoms with Crippen LogP contribution in [-0.2, 0) is 10.8 Å². The summed E-state index contributed by atoms with van der Waals surface area (Å²) in [6, 6.07) is 97.7. The van der Waals surface area contributed by atoms with Crippen molar-refractivity contribution in [3.8, 4) is 44.5 Å². The molecule has 0 N–H and O–H groups in total. The highest BCUT2D eigenvalue weighted by atomic mass is 15.1. The van der Waals surface area contributed by atoms with Crippen molar-refractivity contribution in [3.05, 3.63) is 305 Å². The Morgan fingerprint density at radius 3 is 1.39 bits per heavy atom. The van der Waals surface area contributed by atoms with Gasteiger partial charge < -0.3 is 4.90 Å². The van der Waals surface area contributed by atoms with Gasteiger partial charge in [-0.05, 0) is 131 Å². The second kappa shape index (κ2) is 14.5. The van der Waals surface area contributed by atoms with Gasteiger partial charge in [-0.1, -0.05) is 224 Å². The molecule has 0 aromatic heterocycles. The summed E-state index contributed by atoms with van der Waals surface area (Å²) < 4.78 is 0. The van der Waals surface area contributed by atoms with E-state index in [1.807, 2.05) is 0 Å². The fourth-order valence-electron chi connectivity index (χ4n) is 12.6. The summed E-state index contributed by atoms with van der Waals surface area (Å²) in [5.74, 6) is 0. The van der Waals surface area contributed by atoms with Gasteiger partial charge in [0.1, 0.15) is 0 Å². The molecule has 0 radical (unpaired) electrons. The molecule has 67 heavy (non-hydrogen) atoms. The quantitative estimate of drug-likeness (QED) is 0.161. The minimum absolute atomic E-state index is 0.476. The highest BCUT2D eigenvalue weighted by Crippen LogP contribution is 2.65. The molecular formula is C66H43N. The topological polar surface area (TPSA) is 3.24 Å². The van der Waals surface area contributed by atoms with E-state index >= 15 is 0 Å². The van der Waals surface area contributed by atoms with E-state index in [0.717, 1.165) is 17.1 Å². The van der Waals surface area contributed by atoms with Crippen LogP contribution in [0.3, 0.4) is 0 Å². The molecule has 1 nitrogen and oxygen atoms in total. The molecular weight excluding hydrogens is 807 g/mol. The van der Waals surface area contributed by atoms with Gasteiger partial charge in [-0.3, -0.25) is 0 Å². The number of para-hydroxylation sites is 1. The lowest BCUT2D eigenvalue weighted by molar-refractivity contribution is 0.775. The van der Waals surface area contributed by atoms with Crippen LogP contribution in [0.2, 0.25) is 0 Å². The maximum Gasteiger partial charge on any atom is 0.0726 e. The molecule has 0 atom stereocenters. The van der Waals surface area contributed by atoms with Gasteiger partial charge in [0.2, 0.25) is 0 Å². The average Bonchev–Trinajstić information content (AvgIpc) is 4.00. The van der Waals surface area contributed by atoms with E-state index in [0.29, 0.717) is 0 Å². The van der Waals surface area contributed by atoms with Gasteiger partial charge in [-0.2, -0.15) is 0 Å². The zero-order valence-electron chi connectivity index (χ0n) is 36.8. The van der Waals surface area contributed by atoms with Crippen molar-refractivity contribution in [1.82, 2.24) is 0 Å². The third-order valence-electron chi connectivity index (χ3n) is 15.1. The number of fused-ring (bicyclic) bond motifs is 15. The monoisotopic (exact) mass is 849 g/mol. The SMILES string of the molecule is c1ccc(-c2ccc3c(c2)-c2c(N(c4ccccc4)c4ccc5c(c4)C4(c6ccccc6-c6ccccc64)c4ccccc4-5)cc4ccccc4c2C3(c2ccccc2)c2ccccc2)cc1. The Balaban J connectivity index is 1.12. The van der Waals surface area contributed by atoms with Crippen LogP contribution in [-0.4, -0.2) is 0 Å². The zero-order chi connectivity index (χ0) is 44.1. The van der Waals surface area contributed by atoms with E-state index in [-0.39, 0.29) is 0 Å². The first-order valence-electron chi connectivity index (χ1n) is 23.4. The lowest BCUT2D eigenvalue weighted by Gasteiger charge is -2.36. The summed E-state index contributed by atoms with van der Waals surface area (Å²) in [6.45, 7) is 0. The van der Waals surface area contributed by atoms with E-state index in [2.05, 4.69) is 266 Å². The molecule has 3 aliphatic carbocycles. The molecule has 11 aromatic carbocycles. The Hall–Kier alpha value is -8.52. The molecule has 1 heteroatoms. The van der Waals surface area contributed by atoms with Crippen LogP contribution in [0.25, 0.3) is 55.3 Å². The van der Waals surface area contributed by atoms with Crippen LogP contribution in [0.1, 0.15) is 44.5 Å². The summed E-state index contributed by atoms with van der Waals surface area (Å²) in [4.78, 5) is 2.56. The Labute approximate surface area is 391 Å². The smallest absolute Gasteiger partial charge is 0.0726 e. The number of anilines is 3. The standard InChI is InChI=1S/C66H43N/c1-5-21-44(22-6-1)45-37-40-60-56(41-45)63-62(42-46-23-13-14-30-51(46)64(63)65(60,47-24-7-2-8-25-47)48-26-9-3-10-27-48)67(49-28-11-4-12-29-49)50-38-39-55-54-33-17-20-36-59(54)66(61(55)43-50)57-34-18-15-31-52(57)53-32-16-19-35-58(53)66/h1-43H. The highest BCUT2D eigenvalue weighted by molar-refractivity contribution is 6.09. The Kier molecular flexibility index (Phi) is 8.18. The summed E-state index contributed by atoms with van der Waals surface area (Å²) >= 11 is 0. The summed E-state index contributed by atoms with van der Waals surface area (Å²) in [6.07, 6.45) is 0. The maximum absolute atomic E-state index is 2.56. The van der Waals surface area contributed by atoms with Crippen molar-refractivity contribution in [2.45, 2.75) is 10.8 Å². The van der Waals surface area contributed by atoms with Crippen molar-refractivity contribution in [2.24, 2.45) is 0 Å². The van der Waals surface area contributed by atoms with Gasteiger partial charge in [-0.25, -0.2) is 0 Å². The number of nitrogens with zero attached hydrogens (tertiary/aromatic N) is 1. The van der Waals surface area contributed by atoms with Crippen LogP contribution >= 0.6 is 0 Å². The second-order valence-electron chi connectivity index (χ2n) is 18.3. The number of benzene rings is 11. The first kappa shape index (κ1) is 37.8. The highest BCUT2D eigenvalue weighted by Gasteiger charge is 2.52. The molecule has 3 aliphatic rings. The van der Waals surface area contributed by atoms with Crippen molar-refractivity contribution in [3.63, 3.8) is 0 Å². The molecule has 0 saturated carbocycles. The lowest BCUT2D eigenvalue weighted by atomic mass is 9.66. The zero-order valence-corrected chi connectivity index (χ0v) is 36.8. The normalized spacial score (nSPS) is 13.9. The van der Waals surface area contributed by atoms with Crippen molar-refractivity contribution in [1.29, 1.82) is 0 Å². The van der Waals surface area contributed by atoms with Gasteiger partial charge >= 0.3 is 0 Å². The van der Waals surface area contributed by atoms with Gasteiger partial charge in [-0.15, -0.1) is 0 Å². The molecule has 0 heterocycles. The van der Waals surface area contributed by atoms with Crippen LogP contribution in [0, 0.1) is 0 Å². The molecule has 0 fully saturated rings. The van der Waals surface area contributed by atoms with Crippen LogP contribution in [0.4, 0.5) is 17.1 Å². The largest absolute Gasteiger partial charge is 0.310 e. The third-order valence-corrected chi connectivity index (χ3v) is 15.1. The van der Waals surface area contributed by atoms with Gasteiger partial charge in [0.05, 0.1) is 16.5 Å². The Morgan fingerprint density at radius 2 is 0.776 bits per heavy atom. The van der Waals surface area contributed by atoms with Crippen molar-refractivity contribution in [2.75, 3.05) is 4.90 Å². The van der Waals surface area contributed by atoms with Gasteiger partial charge in [0.15, 0.2) is 0 Å². The molecule has 0 amide bonds. The predicted molar refractivity (Wildman–Crippen MR) is 278 cm³/mol. The minimum atomic E-state index is -0.624. The maximum atomic E-state index is 2.56. The van der Waals surface area contributed by atoms with E-state index in [4.69, 9.17) is 0 Å². The molecule has 0 saturated heterocycles. The minimum Gasteiger partial charge on any atom is -0.310 e. The van der Waals surface area contributed by atoms with E-state index in [9.17, 15) is 0 Å². The third kappa shape index (κ3) is 5.14. The molecule has 1 spiro atoms. The van der Waals surface area contributed by atoms with Gasteiger partial charge in [0, 0.05) is 16.9 Å². The summed E-state index contributed by atoms with van der Waals surface area (Å²) in [5, 5.41) is 2.45. The molecule has 14 rings (SSSR count). The van der Waals surface area contributed by atoms with E-state index in [1.54, 1.807) is 0 Å². The molecule has 11 aromatic rings. The van der Waals surface area contributed by atoms with Crippen LogP contribution in [0.5, 0.6) is 0 Å². The Bertz CT molecular complexity index is 3640.